The van der Waals surface area contributed by atoms with Gasteiger partial charge in [0.25, 0.3) is 0 Å². The molecule has 1 saturated carbocycles. The van der Waals surface area contributed by atoms with Gasteiger partial charge in [-0.3, -0.25) is 4.79 Å². The van der Waals surface area contributed by atoms with Gasteiger partial charge in [-0.15, -0.1) is 0 Å². The number of nitrogens with zero attached hydrogens (tertiary/aromatic N) is 4. The molecule has 1 N–H and O–H groups in total. The Morgan fingerprint density at radius 1 is 1.18 bits per heavy atom. The number of amides is 1. The third-order valence-corrected chi connectivity index (χ3v) is 7.60. The van der Waals surface area contributed by atoms with E-state index >= 15 is 0 Å². The van der Waals surface area contributed by atoms with Crippen molar-refractivity contribution in [3.8, 4) is 11.3 Å². The number of carbonyl (C=O) groups excluding carboxylic acids is 1. The molecule has 0 unspecified atom stereocenters. The van der Waals surface area contributed by atoms with E-state index < -0.39 is 5.41 Å². The highest BCUT2D eigenvalue weighted by molar-refractivity contribution is 6.34. The summed E-state index contributed by atoms with van der Waals surface area (Å²) in [5, 5.41) is 4.08. The molecule has 1 aromatic carbocycles. The summed E-state index contributed by atoms with van der Waals surface area (Å²) in [6, 6.07) is 9.20. The molecule has 1 aliphatic heterocycles. The molecule has 3 aromatic rings. The van der Waals surface area contributed by atoms with Crippen molar-refractivity contribution in [2.75, 3.05) is 11.4 Å². The van der Waals surface area contributed by atoms with Gasteiger partial charge in [0.15, 0.2) is 5.15 Å². The second-order valence-corrected chi connectivity index (χ2v) is 11.4. The number of imidazole rings is 1. The zero-order chi connectivity index (χ0) is 24.4. The van der Waals surface area contributed by atoms with Crippen LogP contribution in [0.15, 0.2) is 30.6 Å². The maximum Gasteiger partial charge on any atom is 0.237 e. The van der Waals surface area contributed by atoms with E-state index in [1.54, 1.807) is 0 Å². The van der Waals surface area contributed by atoms with Crippen molar-refractivity contribution in [2.24, 2.45) is 5.92 Å². The molecular weight excluding hydrogens is 446 g/mol. The van der Waals surface area contributed by atoms with Crippen LogP contribution in [-0.2, 0) is 10.2 Å². The van der Waals surface area contributed by atoms with Crippen LogP contribution in [0.1, 0.15) is 66.0 Å². The number of benzene rings is 1. The fourth-order valence-electron chi connectivity index (χ4n) is 5.23. The van der Waals surface area contributed by atoms with Gasteiger partial charge in [0.2, 0.25) is 5.91 Å². The molecule has 6 nitrogen and oxygen atoms in total. The Bertz CT molecular complexity index is 1260. The van der Waals surface area contributed by atoms with Crippen LogP contribution in [-0.4, -0.2) is 39.1 Å². The molecule has 0 bridgehead atoms. The van der Waals surface area contributed by atoms with Crippen molar-refractivity contribution < 1.29 is 4.79 Å². The minimum Gasteiger partial charge on any atom is -0.326 e. The largest absolute Gasteiger partial charge is 0.326 e. The van der Waals surface area contributed by atoms with Crippen LogP contribution < -0.4 is 10.2 Å². The number of aromatic nitrogens is 3. The number of carbonyl (C=O) groups is 1. The molecule has 1 fully saturated rings. The zero-order valence-corrected chi connectivity index (χ0v) is 21.6. The number of halogens is 1. The number of hydrogen-bond donors (Lipinski definition) is 1. The van der Waals surface area contributed by atoms with Gasteiger partial charge in [0.05, 0.1) is 23.0 Å². The van der Waals surface area contributed by atoms with E-state index in [2.05, 4.69) is 56.2 Å². The van der Waals surface area contributed by atoms with Gasteiger partial charge in [-0.05, 0) is 70.7 Å². The number of nitrogens with one attached hydrogen (secondary N) is 1. The fourth-order valence-corrected chi connectivity index (χ4v) is 5.51. The lowest BCUT2D eigenvalue weighted by molar-refractivity contribution is -0.123. The third-order valence-electron chi connectivity index (χ3n) is 7.34. The zero-order valence-electron chi connectivity index (χ0n) is 20.9. The summed E-state index contributed by atoms with van der Waals surface area (Å²) >= 11 is 6.62. The van der Waals surface area contributed by atoms with E-state index in [0.717, 1.165) is 52.9 Å². The topological polar surface area (TPSA) is 63.1 Å². The number of rotatable bonds is 6. The maximum atomic E-state index is 13.5. The van der Waals surface area contributed by atoms with Gasteiger partial charge in [-0.1, -0.05) is 37.6 Å². The van der Waals surface area contributed by atoms with E-state index in [1.165, 1.54) is 0 Å². The normalized spacial score (nSPS) is 21.6. The van der Waals surface area contributed by atoms with Crippen molar-refractivity contribution >= 4 is 34.2 Å². The molecule has 5 rings (SSSR count). The van der Waals surface area contributed by atoms with E-state index in [4.69, 9.17) is 16.6 Å². The summed E-state index contributed by atoms with van der Waals surface area (Å²) in [5.41, 5.74) is 4.96. The van der Waals surface area contributed by atoms with E-state index in [1.807, 2.05) is 35.7 Å². The van der Waals surface area contributed by atoms with Crippen LogP contribution in [0.25, 0.3) is 22.3 Å². The lowest BCUT2D eigenvalue weighted by atomic mass is 9.84. The summed E-state index contributed by atoms with van der Waals surface area (Å²) in [4.78, 5) is 24.8. The van der Waals surface area contributed by atoms with Gasteiger partial charge >= 0.3 is 0 Å². The quantitative estimate of drug-likeness (QED) is 0.458. The molecule has 3 heterocycles. The molecule has 34 heavy (non-hydrogen) atoms. The first-order chi connectivity index (χ1) is 16.1. The molecule has 0 radical (unpaired) electrons. The fraction of sp³-hybridized carbons (Fsp3) is 0.519. The average molecular weight is 480 g/mol. The lowest BCUT2D eigenvalue weighted by Crippen LogP contribution is -2.55. The van der Waals surface area contributed by atoms with Gasteiger partial charge < -0.3 is 14.8 Å². The second kappa shape index (κ2) is 8.35. The number of anilines is 1. The summed E-state index contributed by atoms with van der Waals surface area (Å²) in [6.07, 6.45) is 3.79. The van der Waals surface area contributed by atoms with Crippen molar-refractivity contribution in [1.82, 2.24) is 19.9 Å². The first kappa shape index (κ1) is 23.3. The summed E-state index contributed by atoms with van der Waals surface area (Å²) in [5.74, 6) is 0.808. The van der Waals surface area contributed by atoms with Gasteiger partial charge in [-0.2, -0.15) is 0 Å². The highest BCUT2D eigenvalue weighted by Crippen LogP contribution is 2.47. The summed E-state index contributed by atoms with van der Waals surface area (Å²) < 4.78 is 2.04. The SMILES string of the molecule is CC(C)CNC1CC(N2C(=O)C(C)(C)c3ccc(-c4cc5ncn(C(C)C)c5c(Cl)n4)cc32)C1. The number of hydrogen-bond acceptors (Lipinski definition) is 4. The highest BCUT2D eigenvalue weighted by Gasteiger charge is 2.49. The molecule has 180 valence electrons. The summed E-state index contributed by atoms with van der Waals surface area (Å²) in [6.45, 7) is 13.7. The van der Waals surface area contributed by atoms with Crippen LogP contribution in [0, 0.1) is 5.92 Å². The third kappa shape index (κ3) is 3.72. The first-order valence-corrected chi connectivity index (χ1v) is 12.7. The Kier molecular flexibility index (Phi) is 5.72. The summed E-state index contributed by atoms with van der Waals surface area (Å²) in [7, 11) is 0. The molecule has 7 heteroatoms. The Balaban J connectivity index is 1.49. The average Bonchev–Trinajstić information content (AvgIpc) is 3.26. The van der Waals surface area contributed by atoms with Gasteiger partial charge in [0.1, 0.15) is 5.52 Å². The smallest absolute Gasteiger partial charge is 0.237 e. The molecular formula is C27H34ClN5O. The lowest BCUT2D eigenvalue weighted by Gasteiger charge is -2.42. The van der Waals surface area contributed by atoms with Crippen molar-refractivity contribution in [1.29, 1.82) is 0 Å². The van der Waals surface area contributed by atoms with Crippen LogP contribution in [0.5, 0.6) is 0 Å². The number of pyridine rings is 1. The number of fused-ring (bicyclic) bond motifs is 2. The van der Waals surface area contributed by atoms with Crippen LogP contribution >= 0.6 is 11.6 Å². The molecule has 0 atom stereocenters. The van der Waals surface area contributed by atoms with Crippen LogP contribution in [0.2, 0.25) is 5.15 Å². The Labute approximate surface area is 206 Å². The molecule has 2 aliphatic rings. The minimum absolute atomic E-state index is 0.184. The van der Waals surface area contributed by atoms with Gasteiger partial charge in [-0.25, -0.2) is 9.97 Å². The Morgan fingerprint density at radius 3 is 2.59 bits per heavy atom. The van der Waals surface area contributed by atoms with Crippen molar-refractivity contribution in [2.45, 2.75) is 77.9 Å². The Morgan fingerprint density at radius 2 is 1.91 bits per heavy atom. The molecule has 1 aliphatic carbocycles. The second-order valence-electron chi connectivity index (χ2n) is 11.1. The minimum atomic E-state index is -0.532. The maximum absolute atomic E-state index is 13.5. The Hall–Kier alpha value is -2.44. The first-order valence-electron chi connectivity index (χ1n) is 12.3. The standard InChI is InChI=1S/C27H34ClN5O/c1-15(2)13-29-18-10-19(11-18)33-23-9-17(7-8-20(23)27(5,6)26(33)34)21-12-22-24(25(28)31-21)32(14-30-22)16(3)4/h7-9,12,14-16,18-19,29H,10-11,13H2,1-6H3. The highest BCUT2D eigenvalue weighted by atomic mass is 35.5. The monoisotopic (exact) mass is 479 g/mol. The predicted octanol–water partition coefficient (Wildman–Crippen LogP) is 5.73. The molecule has 0 spiro atoms. The van der Waals surface area contributed by atoms with E-state index in [-0.39, 0.29) is 18.0 Å². The van der Waals surface area contributed by atoms with Crippen LogP contribution in [0.3, 0.4) is 0 Å². The van der Waals surface area contributed by atoms with Crippen LogP contribution in [0.4, 0.5) is 5.69 Å². The molecule has 1 amide bonds. The van der Waals surface area contributed by atoms with Gasteiger partial charge in [0, 0.05) is 29.4 Å². The van der Waals surface area contributed by atoms with E-state index in [0.29, 0.717) is 17.1 Å². The predicted molar refractivity (Wildman–Crippen MR) is 139 cm³/mol. The molecule has 2 aromatic heterocycles. The molecule has 0 saturated heterocycles. The van der Waals surface area contributed by atoms with E-state index in [9.17, 15) is 4.79 Å². The van der Waals surface area contributed by atoms with Crippen molar-refractivity contribution in [3.63, 3.8) is 0 Å². The van der Waals surface area contributed by atoms with Crippen molar-refractivity contribution in [3.05, 3.63) is 41.3 Å².